The van der Waals surface area contributed by atoms with Crippen LogP contribution in [0.4, 0.5) is 0 Å². The van der Waals surface area contributed by atoms with Crippen molar-refractivity contribution in [1.29, 1.82) is 0 Å². The third-order valence-electron chi connectivity index (χ3n) is 5.97. The van der Waals surface area contributed by atoms with Crippen LogP contribution < -0.4 is 10.6 Å². The number of hydrogen-bond donors (Lipinski definition) is 2. The van der Waals surface area contributed by atoms with Crippen LogP contribution in [0.1, 0.15) is 50.3 Å². The molecule has 1 aromatic rings. The molecule has 25 heavy (non-hydrogen) atoms. The summed E-state index contributed by atoms with van der Waals surface area (Å²) in [5, 5.41) is 6.94. The van der Waals surface area contributed by atoms with Gasteiger partial charge in [0.15, 0.2) is 0 Å². The topological polar surface area (TPSA) is 44.4 Å². The van der Waals surface area contributed by atoms with E-state index in [1.807, 2.05) is 0 Å². The van der Waals surface area contributed by atoms with Crippen LogP contribution in [0.5, 0.6) is 0 Å². The molecule has 0 radical (unpaired) electrons. The zero-order chi connectivity index (χ0) is 17.6. The number of amides is 1. The van der Waals surface area contributed by atoms with Gasteiger partial charge in [-0.25, -0.2) is 0 Å². The molecule has 2 heterocycles. The molecule has 0 spiro atoms. The second-order valence-electron chi connectivity index (χ2n) is 7.69. The average Bonchev–Trinajstić information content (AvgIpc) is 2.68. The monoisotopic (exact) mass is 343 g/mol. The Labute approximate surface area is 152 Å². The summed E-state index contributed by atoms with van der Waals surface area (Å²) in [6.45, 7) is 9.19. The van der Waals surface area contributed by atoms with E-state index in [0.29, 0.717) is 24.2 Å². The lowest BCUT2D eigenvalue weighted by Crippen LogP contribution is -2.49. The first kappa shape index (κ1) is 18.4. The van der Waals surface area contributed by atoms with Gasteiger partial charge in [0.1, 0.15) is 0 Å². The molecular formula is C21H33N3O. The Bertz CT molecular complexity index is 551. The lowest BCUT2D eigenvalue weighted by Gasteiger charge is -2.38. The van der Waals surface area contributed by atoms with Crippen LogP contribution in [-0.2, 0) is 11.2 Å². The Morgan fingerprint density at radius 2 is 1.96 bits per heavy atom. The van der Waals surface area contributed by atoms with Crippen molar-refractivity contribution in [2.45, 2.75) is 45.6 Å². The smallest absolute Gasteiger partial charge is 0.223 e. The molecule has 0 saturated carbocycles. The van der Waals surface area contributed by atoms with Gasteiger partial charge in [-0.2, -0.15) is 0 Å². The van der Waals surface area contributed by atoms with Crippen LogP contribution in [0.3, 0.4) is 0 Å². The number of carbonyl (C=O) groups excluding carboxylic acids is 1. The van der Waals surface area contributed by atoms with E-state index < -0.39 is 0 Å². The standard InChI is InChI=1S/C21H33N3O/c1-3-17-6-8-18(9-7-17)20-15-23-11-12-24(20)21(25)13-16(2)19-5-4-10-22-14-19/h6-9,16,19-20,22-23H,3-5,10-15H2,1-2H3. The minimum atomic E-state index is 0.170. The van der Waals surface area contributed by atoms with E-state index in [-0.39, 0.29) is 6.04 Å². The Morgan fingerprint density at radius 3 is 2.64 bits per heavy atom. The van der Waals surface area contributed by atoms with Crippen molar-refractivity contribution in [2.24, 2.45) is 11.8 Å². The summed E-state index contributed by atoms with van der Waals surface area (Å²) in [5.74, 6) is 1.42. The van der Waals surface area contributed by atoms with Gasteiger partial charge in [0, 0.05) is 26.1 Å². The highest BCUT2D eigenvalue weighted by molar-refractivity contribution is 5.77. The lowest BCUT2D eigenvalue weighted by atomic mass is 9.85. The molecule has 2 aliphatic heterocycles. The van der Waals surface area contributed by atoms with Crippen molar-refractivity contribution < 1.29 is 4.79 Å². The summed E-state index contributed by atoms with van der Waals surface area (Å²) in [5.41, 5.74) is 2.61. The summed E-state index contributed by atoms with van der Waals surface area (Å²) >= 11 is 0. The molecule has 0 aliphatic carbocycles. The third kappa shape index (κ3) is 4.62. The van der Waals surface area contributed by atoms with Crippen LogP contribution >= 0.6 is 0 Å². The number of hydrogen-bond acceptors (Lipinski definition) is 3. The summed E-state index contributed by atoms with van der Waals surface area (Å²) < 4.78 is 0. The van der Waals surface area contributed by atoms with Crippen molar-refractivity contribution in [1.82, 2.24) is 15.5 Å². The minimum Gasteiger partial charge on any atom is -0.333 e. The minimum absolute atomic E-state index is 0.170. The number of piperazine rings is 1. The molecule has 4 nitrogen and oxygen atoms in total. The van der Waals surface area contributed by atoms with Gasteiger partial charge < -0.3 is 15.5 Å². The van der Waals surface area contributed by atoms with Gasteiger partial charge >= 0.3 is 0 Å². The SMILES string of the molecule is CCc1ccc(C2CNCCN2C(=O)CC(C)C2CCCNC2)cc1. The molecule has 4 heteroatoms. The van der Waals surface area contributed by atoms with Gasteiger partial charge in [0.05, 0.1) is 6.04 Å². The maximum atomic E-state index is 13.0. The van der Waals surface area contributed by atoms with Gasteiger partial charge in [-0.3, -0.25) is 4.79 Å². The molecule has 2 fully saturated rings. The third-order valence-corrected chi connectivity index (χ3v) is 5.97. The predicted octanol–water partition coefficient (Wildman–Crippen LogP) is 2.75. The summed E-state index contributed by atoms with van der Waals surface area (Å²) in [6, 6.07) is 8.96. The van der Waals surface area contributed by atoms with Gasteiger partial charge in [-0.05, 0) is 55.3 Å². The Balaban J connectivity index is 1.65. The molecular weight excluding hydrogens is 310 g/mol. The zero-order valence-corrected chi connectivity index (χ0v) is 15.8. The van der Waals surface area contributed by atoms with Crippen molar-refractivity contribution in [3.8, 4) is 0 Å². The van der Waals surface area contributed by atoms with E-state index in [9.17, 15) is 4.79 Å². The normalized spacial score (nSPS) is 25.6. The molecule has 3 unspecified atom stereocenters. The van der Waals surface area contributed by atoms with Crippen molar-refractivity contribution in [3.63, 3.8) is 0 Å². The van der Waals surface area contributed by atoms with Crippen LogP contribution in [0.15, 0.2) is 24.3 Å². The molecule has 1 aromatic carbocycles. The van der Waals surface area contributed by atoms with Gasteiger partial charge in [-0.15, -0.1) is 0 Å². The Morgan fingerprint density at radius 1 is 1.20 bits per heavy atom. The van der Waals surface area contributed by atoms with E-state index in [1.165, 1.54) is 24.0 Å². The molecule has 2 aliphatic rings. The maximum Gasteiger partial charge on any atom is 0.223 e. The average molecular weight is 344 g/mol. The molecule has 1 amide bonds. The van der Waals surface area contributed by atoms with Gasteiger partial charge in [-0.1, -0.05) is 38.1 Å². The molecule has 2 N–H and O–H groups in total. The number of benzene rings is 1. The van der Waals surface area contributed by atoms with Crippen molar-refractivity contribution in [2.75, 3.05) is 32.7 Å². The van der Waals surface area contributed by atoms with E-state index in [1.54, 1.807) is 0 Å². The summed E-state index contributed by atoms with van der Waals surface area (Å²) in [4.78, 5) is 15.2. The number of piperidine rings is 1. The largest absolute Gasteiger partial charge is 0.333 e. The van der Waals surface area contributed by atoms with Crippen molar-refractivity contribution >= 4 is 5.91 Å². The van der Waals surface area contributed by atoms with Crippen molar-refractivity contribution in [3.05, 3.63) is 35.4 Å². The molecule has 3 atom stereocenters. The number of rotatable bonds is 5. The number of nitrogens with one attached hydrogen (secondary N) is 2. The molecule has 2 saturated heterocycles. The summed E-state index contributed by atoms with van der Waals surface area (Å²) in [7, 11) is 0. The fraction of sp³-hybridized carbons (Fsp3) is 0.667. The Kier molecular flexibility index (Phi) is 6.49. The highest BCUT2D eigenvalue weighted by Gasteiger charge is 2.30. The highest BCUT2D eigenvalue weighted by atomic mass is 16.2. The van der Waals surface area contributed by atoms with Gasteiger partial charge in [0.2, 0.25) is 5.91 Å². The second-order valence-corrected chi connectivity index (χ2v) is 7.69. The zero-order valence-electron chi connectivity index (χ0n) is 15.8. The fourth-order valence-electron chi connectivity index (χ4n) is 4.20. The Hall–Kier alpha value is -1.39. The van der Waals surface area contributed by atoms with Crippen LogP contribution in [0.25, 0.3) is 0 Å². The number of carbonyl (C=O) groups is 1. The predicted molar refractivity (Wildman–Crippen MR) is 103 cm³/mol. The molecule has 3 rings (SSSR count). The van der Waals surface area contributed by atoms with E-state index in [2.05, 4.69) is 53.6 Å². The second kappa shape index (κ2) is 8.81. The van der Waals surface area contributed by atoms with E-state index >= 15 is 0 Å². The van der Waals surface area contributed by atoms with E-state index in [0.717, 1.165) is 39.1 Å². The first-order valence-electron chi connectivity index (χ1n) is 9.98. The van der Waals surface area contributed by atoms with Crippen LogP contribution in [0.2, 0.25) is 0 Å². The number of nitrogens with zero attached hydrogens (tertiary/aromatic N) is 1. The molecule has 138 valence electrons. The lowest BCUT2D eigenvalue weighted by molar-refractivity contribution is -0.136. The van der Waals surface area contributed by atoms with E-state index in [4.69, 9.17) is 0 Å². The maximum absolute atomic E-state index is 13.0. The number of aryl methyl sites for hydroxylation is 1. The quantitative estimate of drug-likeness (QED) is 0.864. The van der Waals surface area contributed by atoms with Crippen LogP contribution in [-0.4, -0.2) is 43.5 Å². The summed E-state index contributed by atoms with van der Waals surface area (Å²) in [6.07, 6.45) is 4.23. The highest BCUT2D eigenvalue weighted by Crippen LogP contribution is 2.27. The molecule has 0 bridgehead atoms. The van der Waals surface area contributed by atoms with Gasteiger partial charge in [0.25, 0.3) is 0 Å². The van der Waals surface area contributed by atoms with Crippen LogP contribution in [0, 0.1) is 11.8 Å². The first-order valence-corrected chi connectivity index (χ1v) is 9.98. The first-order chi connectivity index (χ1) is 12.2. The fourth-order valence-corrected chi connectivity index (χ4v) is 4.20. The molecule has 0 aromatic heterocycles.